The second-order valence-electron chi connectivity index (χ2n) is 6.04. The number of rotatable bonds is 8. The number of ether oxygens (including phenoxy) is 3. The topological polar surface area (TPSA) is 62.6 Å². The van der Waals surface area contributed by atoms with Crippen LogP contribution in [0.2, 0.25) is 0 Å². The zero-order valence-electron chi connectivity index (χ0n) is 15.9. The predicted octanol–water partition coefficient (Wildman–Crippen LogP) is 3.71. The van der Waals surface area contributed by atoms with Crippen molar-refractivity contribution in [3.8, 4) is 11.5 Å². The summed E-state index contributed by atoms with van der Waals surface area (Å²) in [4.78, 5) is 16.4. The first kappa shape index (κ1) is 19.2. The van der Waals surface area contributed by atoms with Crippen LogP contribution in [0.1, 0.15) is 17.0 Å². The van der Waals surface area contributed by atoms with Crippen molar-refractivity contribution in [2.75, 3.05) is 14.2 Å². The Morgan fingerprint density at radius 2 is 1.79 bits per heavy atom. The van der Waals surface area contributed by atoms with E-state index in [1.165, 1.54) is 6.08 Å². The Morgan fingerprint density at radius 3 is 2.46 bits per heavy atom. The molecule has 0 unspecified atom stereocenters. The number of esters is 1. The van der Waals surface area contributed by atoms with Crippen LogP contribution in [0.3, 0.4) is 0 Å². The molecule has 0 amide bonds. The summed E-state index contributed by atoms with van der Waals surface area (Å²) in [5.41, 5.74) is 1.93. The van der Waals surface area contributed by atoms with Crippen molar-refractivity contribution < 1.29 is 19.0 Å². The van der Waals surface area contributed by atoms with Gasteiger partial charge in [-0.15, -0.1) is 0 Å². The molecule has 0 aliphatic heterocycles. The maximum Gasteiger partial charge on any atom is 0.331 e. The molecule has 1 aromatic heterocycles. The van der Waals surface area contributed by atoms with Crippen LogP contribution in [-0.2, 0) is 22.7 Å². The van der Waals surface area contributed by atoms with Crippen LogP contribution in [-0.4, -0.2) is 29.7 Å². The minimum atomic E-state index is -0.448. The van der Waals surface area contributed by atoms with Gasteiger partial charge in [0.1, 0.15) is 23.9 Å². The highest BCUT2D eigenvalue weighted by Crippen LogP contribution is 2.23. The molecule has 0 saturated heterocycles. The van der Waals surface area contributed by atoms with Crippen molar-refractivity contribution in [2.24, 2.45) is 0 Å². The van der Waals surface area contributed by atoms with Crippen LogP contribution in [0.25, 0.3) is 6.08 Å². The first-order valence-electron chi connectivity index (χ1n) is 8.80. The molecule has 3 aromatic rings. The summed E-state index contributed by atoms with van der Waals surface area (Å²) >= 11 is 0. The van der Waals surface area contributed by atoms with Gasteiger partial charge in [-0.25, -0.2) is 9.78 Å². The van der Waals surface area contributed by atoms with Gasteiger partial charge in [-0.3, -0.25) is 0 Å². The van der Waals surface area contributed by atoms with Gasteiger partial charge in [0, 0.05) is 31.1 Å². The molecule has 0 aliphatic carbocycles. The third-order valence-electron chi connectivity index (χ3n) is 4.13. The van der Waals surface area contributed by atoms with E-state index < -0.39 is 5.97 Å². The van der Waals surface area contributed by atoms with E-state index >= 15 is 0 Å². The monoisotopic (exact) mass is 378 g/mol. The van der Waals surface area contributed by atoms with E-state index in [-0.39, 0.29) is 6.61 Å². The van der Waals surface area contributed by atoms with Gasteiger partial charge in [0.25, 0.3) is 0 Å². The average Bonchev–Trinajstić information content (AvgIpc) is 3.18. The summed E-state index contributed by atoms with van der Waals surface area (Å²) in [5, 5.41) is 0. The average molecular weight is 378 g/mol. The highest BCUT2D eigenvalue weighted by molar-refractivity contribution is 5.87. The summed E-state index contributed by atoms with van der Waals surface area (Å²) < 4.78 is 17.7. The Hall–Kier alpha value is -3.54. The molecule has 0 fully saturated rings. The third kappa shape index (κ3) is 5.23. The number of hydrogen-bond donors (Lipinski definition) is 0. The van der Waals surface area contributed by atoms with E-state index in [2.05, 4.69) is 4.98 Å². The van der Waals surface area contributed by atoms with E-state index in [9.17, 15) is 4.79 Å². The lowest BCUT2D eigenvalue weighted by Gasteiger charge is -2.08. The second-order valence-corrected chi connectivity index (χ2v) is 6.04. The molecule has 144 valence electrons. The van der Waals surface area contributed by atoms with Gasteiger partial charge in [0.15, 0.2) is 0 Å². The maximum atomic E-state index is 12.1. The minimum Gasteiger partial charge on any atom is -0.497 e. The van der Waals surface area contributed by atoms with Crippen molar-refractivity contribution >= 4 is 12.0 Å². The molecule has 3 rings (SSSR count). The number of carbonyl (C=O) groups is 1. The molecular weight excluding hydrogens is 356 g/mol. The normalized spacial score (nSPS) is 10.8. The van der Waals surface area contributed by atoms with E-state index in [0.29, 0.717) is 23.9 Å². The Labute approximate surface area is 164 Å². The number of hydrogen-bond acceptors (Lipinski definition) is 5. The number of carbonyl (C=O) groups excluding carboxylic acids is 1. The van der Waals surface area contributed by atoms with E-state index in [4.69, 9.17) is 14.2 Å². The number of methoxy groups -OCH3 is 2. The molecule has 2 aromatic carbocycles. The van der Waals surface area contributed by atoms with Crippen LogP contribution >= 0.6 is 0 Å². The van der Waals surface area contributed by atoms with Crippen molar-refractivity contribution in [1.82, 2.24) is 9.55 Å². The number of nitrogens with zero attached hydrogens (tertiary/aromatic N) is 2. The van der Waals surface area contributed by atoms with E-state index in [1.807, 2.05) is 41.1 Å². The number of benzene rings is 2. The van der Waals surface area contributed by atoms with Gasteiger partial charge in [-0.2, -0.15) is 0 Å². The van der Waals surface area contributed by atoms with Crippen LogP contribution < -0.4 is 9.47 Å². The molecule has 0 saturated carbocycles. The first-order valence-corrected chi connectivity index (χ1v) is 8.80. The molecule has 28 heavy (non-hydrogen) atoms. The van der Waals surface area contributed by atoms with E-state index in [0.717, 1.165) is 11.1 Å². The molecule has 0 radical (unpaired) electrons. The maximum absolute atomic E-state index is 12.1. The lowest BCUT2D eigenvalue weighted by atomic mass is 10.2. The fraction of sp³-hybridized carbons (Fsp3) is 0.182. The molecule has 1 heterocycles. The summed E-state index contributed by atoms with van der Waals surface area (Å²) in [6, 6.07) is 15.4. The van der Waals surface area contributed by atoms with Gasteiger partial charge >= 0.3 is 5.97 Å². The van der Waals surface area contributed by atoms with Crippen LogP contribution in [0, 0.1) is 0 Å². The highest BCUT2D eigenvalue weighted by atomic mass is 16.5. The second kappa shape index (κ2) is 9.41. The molecule has 0 aliphatic rings. The van der Waals surface area contributed by atoms with E-state index in [1.54, 1.807) is 44.7 Å². The molecule has 0 atom stereocenters. The molecule has 0 N–H and O–H groups in total. The molecule has 6 heteroatoms. The Bertz CT molecular complexity index is 926. The van der Waals surface area contributed by atoms with Crippen LogP contribution in [0.15, 0.2) is 67.0 Å². The molecule has 0 bridgehead atoms. The third-order valence-corrected chi connectivity index (χ3v) is 4.13. The summed E-state index contributed by atoms with van der Waals surface area (Å²) in [5.74, 6) is 1.54. The van der Waals surface area contributed by atoms with Crippen LogP contribution in [0.4, 0.5) is 0 Å². The largest absolute Gasteiger partial charge is 0.497 e. The summed E-state index contributed by atoms with van der Waals surface area (Å²) in [6.07, 6.45) is 6.60. The Kier molecular flexibility index (Phi) is 6.46. The fourth-order valence-corrected chi connectivity index (χ4v) is 2.68. The summed E-state index contributed by atoms with van der Waals surface area (Å²) in [6.45, 7) is 0.775. The van der Waals surface area contributed by atoms with Crippen molar-refractivity contribution in [3.05, 3.63) is 84.0 Å². The van der Waals surface area contributed by atoms with Gasteiger partial charge in [0.05, 0.1) is 14.2 Å². The Morgan fingerprint density at radius 1 is 1.07 bits per heavy atom. The smallest absolute Gasteiger partial charge is 0.331 e. The van der Waals surface area contributed by atoms with Gasteiger partial charge in [-0.1, -0.05) is 30.3 Å². The Balaban J connectivity index is 1.59. The van der Waals surface area contributed by atoms with Gasteiger partial charge in [-0.05, 0) is 29.3 Å². The van der Waals surface area contributed by atoms with Crippen molar-refractivity contribution in [3.63, 3.8) is 0 Å². The molecule has 6 nitrogen and oxygen atoms in total. The predicted molar refractivity (Wildman–Crippen MR) is 106 cm³/mol. The van der Waals surface area contributed by atoms with Gasteiger partial charge in [0.2, 0.25) is 0 Å². The molecule has 0 spiro atoms. The lowest BCUT2D eigenvalue weighted by Crippen LogP contribution is -2.08. The summed E-state index contributed by atoms with van der Waals surface area (Å²) in [7, 11) is 3.15. The minimum absolute atomic E-state index is 0.102. The lowest BCUT2D eigenvalue weighted by molar-refractivity contribution is -0.139. The van der Waals surface area contributed by atoms with Crippen LogP contribution in [0.5, 0.6) is 11.5 Å². The quantitative estimate of drug-likeness (QED) is 0.442. The number of aromatic nitrogens is 2. The highest BCUT2D eigenvalue weighted by Gasteiger charge is 2.07. The standard InChI is InChI=1S/C22H22N2O4/c1-26-19-12-18(13-20(14-19)27-2)8-9-22(25)28-16-21-23-10-11-24(21)15-17-6-4-3-5-7-17/h3-14H,15-16H2,1-2H3/b9-8+. The zero-order chi connectivity index (χ0) is 19.8. The van der Waals surface area contributed by atoms with Crippen molar-refractivity contribution in [1.29, 1.82) is 0 Å². The van der Waals surface area contributed by atoms with Crippen molar-refractivity contribution in [2.45, 2.75) is 13.2 Å². The van der Waals surface area contributed by atoms with Gasteiger partial charge < -0.3 is 18.8 Å². The fourth-order valence-electron chi connectivity index (χ4n) is 2.68. The SMILES string of the molecule is COc1cc(/C=C/C(=O)OCc2nccn2Cc2ccccc2)cc(OC)c1. The number of imidazole rings is 1. The molecular formula is C22H22N2O4. The zero-order valence-corrected chi connectivity index (χ0v) is 15.9. The first-order chi connectivity index (χ1) is 13.7.